The molecule has 0 aliphatic carbocycles. The zero-order valence-corrected chi connectivity index (χ0v) is 24.3. The van der Waals surface area contributed by atoms with Gasteiger partial charge in [0.2, 0.25) is 11.1 Å². The maximum atomic E-state index is 13.8. The van der Waals surface area contributed by atoms with Crippen LogP contribution in [0, 0.1) is 0 Å². The topological polar surface area (TPSA) is 227 Å². The molecule has 2 aromatic heterocycles. The molecule has 5 rings (SSSR count). The van der Waals surface area contributed by atoms with Gasteiger partial charge in [0.15, 0.2) is 0 Å². The molecule has 16 nitrogen and oxygen atoms in total. The number of aromatic hydroxyl groups is 1. The zero-order chi connectivity index (χ0) is 31.0. The van der Waals surface area contributed by atoms with Crippen molar-refractivity contribution in [3.05, 3.63) is 64.2 Å². The standard InChI is InChI=1S/C24H21ClN8O8S2/c1-31-24(28-29-30-31)43-9-12-8-42-21-15(20(37)32(21)17(12)22(38)39)27-18(35)16(10-2-3-14(34)13(25)6-10)33(23(26)40)19(36)11-4-5-41-7-11/h2-7,15-16,21,34H,8-9H2,1H3,(H2,26,40)(H,27,35)(H,38,39)/t15-,16?,21-/m0/s1. The average Bonchev–Trinajstić information content (AvgIpc) is 3.66. The molecule has 5 amide bonds. The number of carbonyl (C=O) groups is 5. The number of hydrogen-bond donors (Lipinski definition) is 4. The number of thioether (sulfide) groups is 2. The average molecular weight is 649 g/mol. The van der Waals surface area contributed by atoms with E-state index in [4.69, 9.17) is 21.8 Å². The maximum Gasteiger partial charge on any atom is 0.352 e. The number of amides is 5. The number of phenolic OH excluding ortho intramolecular Hbond substituents is 1. The number of β-lactam (4-membered cyclic amide) rings is 1. The van der Waals surface area contributed by atoms with Gasteiger partial charge in [0.05, 0.1) is 16.8 Å². The van der Waals surface area contributed by atoms with E-state index in [1.54, 1.807) is 7.05 Å². The normalized spacial score (nSPS) is 18.5. The number of carboxylic acids is 1. The first-order valence-electron chi connectivity index (χ1n) is 12.2. The molecule has 4 heterocycles. The number of tetrazole rings is 1. The van der Waals surface area contributed by atoms with Crippen LogP contribution in [0.2, 0.25) is 5.02 Å². The van der Waals surface area contributed by atoms with Crippen LogP contribution in [0.5, 0.6) is 5.75 Å². The monoisotopic (exact) mass is 648 g/mol. The highest BCUT2D eigenvalue weighted by Gasteiger charge is 2.55. The minimum atomic E-state index is -1.73. The highest BCUT2D eigenvalue weighted by Crippen LogP contribution is 2.42. The van der Waals surface area contributed by atoms with Crippen molar-refractivity contribution in [2.45, 2.75) is 22.6 Å². The first-order valence-corrected chi connectivity index (χ1v) is 14.6. The first-order chi connectivity index (χ1) is 20.5. The van der Waals surface area contributed by atoms with Crippen LogP contribution in [0.3, 0.4) is 0 Å². The Kier molecular flexibility index (Phi) is 8.34. The number of nitrogens with zero attached hydrogens (tertiary/aromatic N) is 6. The zero-order valence-electron chi connectivity index (χ0n) is 21.9. The number of phenols is 1. The summed E-state index contributed by atoms with van der Waals surface area (Å²) < 4.78 is 6.35. The molecule has 1 saturated heterocycles. The summed E-state index contributed by atoms with van der Waals surface area (Å²) in [6.07, 6.45) is 2.24. The summed E-state index contributed by atoms with van der Waals surface area (Å²) >= 11 is 8.48. The van der Waals surface area contributed by atoms with Gasteiger partial charge in [0.1, 0.15) is 35.2 Å². The predicted molar refractivity (Wildman–Crippen MR) is 150 cm³/mol. The number of aliphatic carboxylic acids is 1. The molecule has 0 saturated carbocycles. The Labute approximate surface area is 255 Å². The first kappa shape index (κ1) is 29.9. The van der Waals surface area contributed by atoms with Crippen molar-refractivity contribution < 1.29 is 38.6 Å². The lowest BCUT2D eigenvalue weighted by atomic mass is 9.99. The highest BCUT2D eigenvalue weighted by atomic mass is 35.5. The summed E-state index contributed by atoms with van der Waals surface area (Å²) in [5, 5.41) is 33.0. The van der Waals surface area contributed by atoms with Gasteiger partial charge in [-0.15, -0.1) is 16.9 Å². The van der Waals surface area contributed by atoms with Crippen molar-refractivity contribution in [1.82, 2.24) is 35.3 Å². The fourth-order valence-electron chi connectivity index (χ4n) is 4.50. The molecule has 224 valence electrons. The highest BCUT2D eigenvalue weighted by molar-refractivity contribution is 8.01. The third-order valence-electron chi connectivity index (χ3n) is 6.52. The number of furan rings is 1. The van der Waals surface area contributed by atoms with Crippen molar-refractivity contribution in [3.8, 4) is 5.75 Å². The van der Waals surface area contributed by atoms with Gasteiger partial charge in [-0.05, 0) is 39.8 Å². The molecule has 3 atom stereocenters. The molecule has 43 heavy (non-hydrogen) atoms. The quantitative estimate of drug-likeness (QED) is 0.187. The second-order valence-corrected chi connectivity index (χ2v) is 11.6. The van der Waals surface area contributed by atoms with Gasteiger partial charge >= 0.3 is 12.0 Å². The lowest BCUT2D eigenvalue weighted by Gasteiger charge is -2.49. The van der Waals surface area contributed by atoms with Crippen LogP contribution in [0.25, 0.3) is 0 Å². The molecule has 3 aromatic rings. The molecule has 0 radical (unpaired) electrons. The van der Waals surface area contributed by atoms with Crippen LogP contribution in [-0.2, 0) is 21.4 Å². The third kappa shape index (κ3) is 5.63. The molecule has 1 fully saturated rings. The summed E-state index contributed by atoms with van der Waals surface area (Å²) in [7, 11) is 1.63. The smallest absolute Gasteiger partial charge is 0.352 e. The molecule has 0 bridgehead atoms. The summed E-state index contributed by atoms with van der Waals surface area (Å²) in [5.41, 5.74) is 5.71. The summed E-state index contributed by atoms with van der Waals surface area (Å²) in [5.74, 6) is -3.88. The fourth-order valence-corrected chi connectivity index (χ4v) is 7.03. The van der Waals surface area contributed by atoms with Crippen LogP contribution >= 0.6 is 35.1 Å². The van der Waals surface area contributed by atoms with E-state index >= 15 is 0 Å². The Balaban J connectivity index is 1.41. The molecule has 2 aliphatic rings. The number of nitrogens with two attached hydrogens (primary N) is 1. The van der Waals surface area contributed by atoms with Crippen molar-refractivity contribution in [3.63, 3.8) is 0 Å². The summed E-state index contributed by atoms with van der Waals surface area (Å²) in [4.78, 5) is 66.6. The third-order valence-corrected chi connectivity index (χ3v) is 9.26. The largest absolute Gasteiger partial charge is 0.506 e. The van der Waals surface area contributed by atoms with E-state index in [1.165, 1.54) is 52.7 Å². The van der Waals surface area contributed by atoms with Crippen molar-refractivity contribution >= 4 is 64.8 Å². The Bertz CT molecular complexity index is 1660. The molecule has 19 heteroatoms. The second-order valence-electron chi connectivity index (χ2n) is 9.17. The molecule has 1 unspecified atom stereocenters. The maximum absolute atomic E-state index is 13.8. The number of imide groups is 1. The fraction of sp³-hybridized carbons (Fsp3) is 0.250. The number of carbonyl (C=O) groups excluding carboxylic acids is 4. The van der Waals surface area contributed by atoms with E-state index in [0.717, 1.165) is 17.2 Å². The minimum absolute atomic E-state index is 0.000401. The lowest BCUT2D eigenvalue weighted by Crippen LogP contribution is -2.71. The Morgan fingerprint density at radius 1 is 1.33 bits per heavy atom. The number of aromatic nitrogens is 4. The lowest BCUT2D eigenvalue weighted by molar-refractivity contribution is -0.151. The van der Waals surface area contributed by atoms with Crippen LogP contribution < -0.4 is 11.1 Å². The molecule has 5 N–H and O–H groups in total. The molecular weight excluding hydrogens is 628 g/mol. The number of halogens is 1. The van der Waals surface area contributed by atoms with Crippen LogP contribution in [-0.4, -0.2) is 92.9 Å². The molecule has 2 aliphatic heterocycles. The number of nitrogens with one attached hydrogen (secondary N) is 1. The van der Waals surface area contributed by atoms with Gasteiger partial charge in [0.25, 0.3) is 11.8 Å². The van der Waals surface area contributed by atoms with E-state index in [2.05, 4.69) is 20.8 Å². The van der Waals surface area contributed by atoms with E-state index < -0.39 is 47.2 Å². The number of carboxylic acid groups (broad SMARTS) is 1. The second kappa shape index (κ2) is 12.0. The van der Waals surface area contributed by atoms with Gasteiger partial charge < -0.3 is 25.7 Å². The Hall–Kier alpha value is -4.55. The van der Waals surface area contributed by atoms with Gasteiger partial charge in [-0.2, -0.15) is 0 Å². The van der Waals surface area contributed by atoms with Crippen LogP contribution in [0.15, 0.2) is 57.6 Å². The number of urea groups is 1. The van der Waals surface area contributed by atoms with Gasteiger partial charge in [-0.25, -0.2) is 19.2 Å². The minimum Gasteiger partial charge on any atom is -0.506 e. The van der Waals surface area contributed by atoms with Crippen molar-refractivity contribution in [2.75, 3.05) is 11.5 Å². The molecule has 1 aromatic carbocycles. The van der Waals surface area contributed by atoms with Crippen molar-refractivity contribution in [2.24, 2.45) is 12.8 Å². The number of benzene rings is 1. The van der Waals surface area contributed by atoms with Crippen LogP contribution in [0.4, 0.5) is 4.79 Å². The number of aryl methyl sites for hydroxylation is 1. The SMILES string of the molecule is Cn1nnnc1SCC1=C(C(=O)O)N2C(=O)[C@H](NC(=O)C(c3ccc(O)c(Cl)c3)N(C(N)=O)C(=O)c3ccoc3)[C@@H]2SC1. The molecule has 0 spiro atoms. The number of rotatable bonds is 9. The van der Waals surface area contributed by atoms with E-state index in [1.807, 2.05) is 0 Å². The predicted octanol–water partition coefficient (Wildman–Crippen LogP) is 0.955. The van der Waals surface area contributed by atoms with Crippen LogP contribution in [0.1, 0.15) is 22.0 Å². The van der Waals surface area contributed by atoms with Crippen molar-refractivity contribution in [1.29, 1.82) is 0 Å². The summed E-state index contributed by atoms with van der Waals surface area (Å²) in [6, 6.07) is 0.641. The number of hydrogen-bond acceptors (Lipinski definition) is 12. The van der Waals surface area contributed by atoms with Gasteiger partial charge in [-0.1, -0.05) is 29.4 Å². The van der Waals surface area contributed by atoms with Gasteiger partial charge in [0, 0.05) is 18.6 Å². The van der Waals surface area contributed by atoms with E-state index in [0.29, 0.717) is 15.6 Å². The number of fused-ring (bicyclic) bond motifs is 1. The summed E-state index contributed by atoms with van der Waals surface area (Å²) in [6.45, 7) is 0. The van der Waals surface area contributed by atoms with Gasteiger partial charge in [-0.3, -0.25) is 19.3 Å². The number of primary amides is 1. The Morgan fingerprint density at radius 2 is 2.09 bits per heavy atom. The van der Waals surface area contributed by atoms with E-state index in [9.17, 15) is 34.2 Å². The Morgan fingerprint density at radius 3 is 2.70 bits per heavy atom. The molecular formula is C24H21ClN8O8S2. The van der Waals surface area contributed by atoms with E-state index in [-0.39, 0.29) is 39.1 Å².